The smallest absolute Gasteiger partial charge is 0.167 e. The van der Waals surface area contributed by atoms with Gasteiger partial charge in [-0.25, -0.2) is 0 Å². The van der Waals surface area contributed by atoms with Gasteiger partial charge in [-0.3, -0.25) is 4.79 Å². The first-order chi connectivity index (χ1) is 9.70. The van der Waals surface area contributed by atoms with Gasteiger partial charge >= 0.3 is 0 Å². The Labute approximate surface area is 130 Å². The molecule has 1 saturated heterocycles. The van der Waals surface area contributed by atoms with Crippen molar-refractivity contribution in [3.8, 4) is 0 Å². The molecular formula is C16H22ClNOS. The van der Waals surface area contributed by atoms with E-state index in [1.807, 2.05) is 23.9 Å². The van der Waals surface area contributed by atoms with Gasteiger partial charge in [0, 0.05) is 23.0 Å². The van der Waals surface area contributed by atoms with Gasteiger partial charge in [0.15, 0.2) is 5.78 Å². The zero-order valence-corrected chi connectivity index (χ0v) is 13.6. The number of rotatable bonds is 6. The second-order valence-corrected chi connectivity index (χ2v) is 6.78. The van der Waals surface area contributed by atoms with Crippen LogP contribution in [0.2, 0.25) is 5.02 Å². The van der Waals surface area contributed by atoms with E-state index in [4.69, 9.17) is 11.6 Å². The van der Waals surface area contributed by atoms with E-state index < -0.39 is 0 Å². The van der Waals surface area contributed by atoms with Crippen LogP contribution in [0.15, 0.2) is 24.3 Å². The van der Waals surface area contributed by atoms with E-state index in [0.29, 0.717) is 5.02 Å². The summed E-state index contributed by atoms with van der Waals surface area (Å²) in [6.45, 7) is 3.17. The van der Waals surface area contributed by atoms with Crippen LogP contribution in [0, 0.1) is 5.92 Å². The Balaban J connectivity index is 1.91. The first kappa shape index (κ1) is 15.9. The van der Waals surface area contributed by atoms with Crippen molar-refractivity contribution in [2.45, 2.75) is 19.3 Å². The Morgan fingerprint density at radius 2 is 2.15 bits per heavy atom. The van der Waals surface area contributed by atoms with Gasteiger partial charge in [0.1, 0.15) is 0 Å². The predicted molar refractivity (Wildman–Crippen MR) is 87.9 cm³/mol. The summed E-state index contributed by atoms with van der Waals surface area (Å²) in [6, 6.07) is 7.29. The Kier molecular flexibility index (Phi) is 6.40. The van der Waals surface area contributed by atoms with Crippen molar-refractivity contribution in [3.63, 3.8) is 0 Å². The number of thioether (sulfide) groups is 1. The van der Waals surface area contributed by atoms with E-state index in [1.54, 1.807) is 12.1 Å². The van der Waals surface area contributed by atoms with Crippen molar-refractivity contribution in [2.24, 2.45) is 5.92 Å². The van der Waals surface area contributed by atoms with Crippen LogP contribution in [0.25, 0.3) is 0 Å². The molecule has 1 aromatic rings. The number of piperidine rings is 1. The molecule has 0 saturated carbocycles. The normalized spacial score (nSPS) is 20.0. The van der Waals surface area contributed by atoms with Gasteiger partial charge in [0.05, 0.1) is 0 Å². The molecule has 1 unspecified atom stereocenters. The summed E-state index contributed by atoms with van der Waals surface area (Å²) in [4.78, 5) is 15.0. The van der Waals surface area contributed by atoms with E-state index in [1.165, 1.54) is 12.2 Å². The zero-order chi connectivity index (χ0) is 14.4. The number of nitrogens with zero attached hydrogens (tertiary/aromatic N) is 1. The van der Waals surface area contributed by atoms with Gasteiger partial charge in [-0.15, -0.1) is 0 Å². The van der Waals surface area contributed by atoms with Gasteiger partial charge in [-0.2, -0.15) is 11.8 Å². The third-order valence-corrected chi connectivity index (χ3v) is 4.78. The van der Waals surface area contributed by atoms with Crippen molar-refractivity contribution >= 4 is 29.1 Å². The van der Waals surface area contributed by atoms with Crippen molar-refractivity contribution < 1.29 is 4.79 Å². The summed E-state index contributed by atoms with van der Waals surface area (Å²) in [6.07, 6.45) is 5.50. The molecule has 1 fully saturated rings. The molecule has 110 valence electrons. The Morgan fingerprint density at radius 3 is 2.85 bits per heavy atom. The Morgan fingerprint density at radius 1 is 1.40 bits per heavy atom. The summed E-state index contributed by atoms with van der Waals surface area (Å²) in [5.74, 6) is 1.63. The maximum absolute atomic E-state index is 12.5. The first-order valence-corrected chi connectivity index (χ1v) is 8.99. The highest BCUT2D eigenvalue weighted by molar-refractivity contribution is 7.98. The summed E-state index contributed by atoms with van der Waals surface area (Å²) >= 11 is 7.76. The molecule has 2 nitrogen and oxygen atoms in total. The maximum Gasteiger partial charge on any atom is 0.167 e. The maximum atomic E-state index is 12.5. The molecule has 0 bridgehead atoms. The van der Waals surface area contributed by atoms with Crippen LogP contribution in [-0.2, 0) is 0 Å². The van der Waals surface area contributed by atoms with Crippen LogP contribution < -0.4 is 0 Å². The zero-order valence-electron chi connectivity index (χ0n) is 12.0. The van der Waals surface area contributed by atoms with Crippen molar-refractivity contribution in [3.05, 3.63) is 34.9 Å². The van der Waals surface area contributed by atoms with Crippen LogP contribution in [0.4, 0.5) is 0 Å². The topological polar surface area (TPSA) is 20.3 Å². The van der Waals surface area contributed by atoms with Crippen LogP contribution in [0.5, 0.6) is 0 Å². The largest absolute Gasteiger partial charge is 0.303 e. The summed E-state index contributed by atoms with van der Waals surface area (Å²) in [5, 5.41) is 0.684. The lowest BCUT2D eigenvalue weighted by molar-refractivity contribution is 0.0820. The number of halogens is 1. The number of ketones is 1. The SMILES string of the molecule is CSCCCN1CCCC(C(=O)c2ccc(Cl)cc2)C1. The average molecular weight is 312 g/mol. The number of likely N-dealkylation sites (tertiary alicyclic amines) is 1. The van der Waals surface area contributed by atoms with Crippen LogP contribution >= 0.6 is 23.4 Å². The second-order valence-electron chi connectivity index (χ2n) is 5.36. The third kappa shape index (κ3) is 4.51. The summed E-state index contributed by atoms with van der Waals surface area (Å²) in [5.41, 5.74) is 0.797. The van der Waals surface area contributed by atoms with Gasteiger partial charge < -0.3 is 4.90 Å². The molecule has 2 rings (SSSR count). The Bertz CT molecular complexity index is 435. The Hall–Kier alpha value is -0.510. The molecule has 1 heterocycles. The van der Waals surface area contributed by atoms with Crippen LogP contribution in [-0.4, -0.2) is 42.3 Å². The lowest BCUT2D eigenvalue weighted by Crippen LogP contribution is -2.39. The van der Waals surface area contributed by atoms with Gasteiger partial charge in [-0.1, -0.05) is 11.6 Å². The lowest BCUT2D eigenvalue weighted by atomic mass is 9.90. The van der Waals surface area contributed by atoms with E-state index in [-0.39, 0.29) is 11.7 Å². The minimum Gasteiger partial charge on any atom is -0.303 e. The molecule has 1 atom stereocenters. The van der Waals surface area contributed by atoms with Crippen molar-refractivity contribution in [2.75, 3.05) is 31.6 Å². The molecule has 1 aliphatic rings. The number of benzene rings is 1. The standard InChI is InChI=1S/C16H22ClNOS/c1-20-11-3-10-18-9-2-4-14(12-18)16(19)13-5-7-15(17)8-6-13/h5-8,14H,2-4,9-12H2,1H3. The number of hydrogen-bond donors (Lipinski definition) is 0. The highest BCUT2D eigenvalue weighted by Gasteiger charge is 2.26. The minimum absolute atomic E-state index is 0.152. The quantitative estimate of drug-likeness (QED) is 0.585. The molecule has 0 N–H and O–H groups in total. The molecule has 0 spiro atoms. The lowest BCUT2D eigenvalue weighted by Gasteiger charge is -2.32. The molecule has 1 aromatic carbocycles. The summed E-state index contributed by atoms with van der Waals surface area (Å²) < 4.78 is 0. The van der Waals surface area contributed by atoms with E-state index in [0.717, 1.165) is 38.0 Å². The molecule has 0 aromatic heterocycles. The van der Waals surface area contributed by atoms with E-state index in [2.05, 4.69) is 11.2 Å². The molecule has 4 heteroatoms. The summed E-state index contributed by atoms with van der Waals surface area (Å²) in [7, 11) is 0. The molecule has 0 aliphatic carbocycles. The fourth-order valence-corrected chi connectivity index (χ4v) is 3.30. The monoisotopic (exact) mass is 311 g/mol. The molecule has 1 aliphatic heterocycles. The van der Waals surface area contributed by atoms with Gasteiger partial charge in [0.2, 0.25) is 0 Å². The second kappa shape index (κ2) is 8.06. The fraction of sp³-hybridized carbons (Fsp3) is 0.562. The predicted octanol–water partition coefficient (Wildman–Crippen LogP) is 3.99. The fourth-order valence-electron chi connectivity index (χ4n) is 2.75. The van der Waals surface area contributed by atoms with E-state index >= 15 is 0 Å². The van der Waals surface area contributed by atoms with Crippen molar-refractivity contribution in [1.29, 1.82) is 0 Å². The minimum atomic E-state index is 0.152. The third-order valence-electron chi connectivity index (χ3n) is 3.83. The van der Waals surface area contributed by atoms with Gasteiger partial charge in [-0.05, 0) is 68.6 Å². The molecular weight excluding hydrogens is 290 g/mol. The molecule has 0 amide bonds. The average Bonchev–Trinajstić information content (AvgIpc) is 2.48. The van der Waals surface area contributed by atoms with Crippen molar-refractivity contribution in [1.82, 2.24) is 4.90 Å². The molecule has 0 radical (unpaired) electrons. The number of carbonyl (C=O) groups is 1. The van der Waals surface area contributed by atoms with E-state index in [9.17, 15) is 4.79 Å². The van der Waals surface area contributed by atoms with Gasteiger partial charge in [0.25, 0.3) is 0 Å². The highest BCUT2D eigenvalue weighted by atomic mass is 35.5. The highest BCUT2D eigenvalue weighted by Crippen LogP contribution is 2.22. The van der Waals surface area contributed by atoms with Crippen LogP contribution in [0.3, 0.4) is 0 Å². The van der Waals surface area contributed by atoms with Crippen LogP contribution in [0.1, 0.15) is 29.6 Å². The number of Topliss-reactive ketones (excluding diaryl/α,β-unsaturated/α-hetero) is 1. The number of hydrogen-bond acceptors (Lipinski definition) is 3. The number of carbonyl (C=O) groups excluding carboxylic acids is 1. The first-order valence-electron chi connectivity index (χ1n) is 7.22. The molecule has 20 heavy (non-hydrogen) atoms.